The topological polar surface area (TPSA) is 52.6 Å². The summed E-state index contributed by atoms with van der Waals surface area (Å²) in [5, 5.41) is 0.439. The first-order valence-corrected chi connectivity index (χ1v) is 5.10. The summed E-state index contributed by atoms with van der Waals surface area (Å²) in [4.78, 5) is 21.8. The molecular weight excluding hydrogens is 244 g/mol. The molecule has 0 N–H and O–H groups in total. The molecular formula is C12H11ClO4. The fraction of sp³-hybridized carbons (Fsp3) is 0.167. The SMILES string of the molecule is C=C(COc1cc(Cl)ccc1C=O)C(=O)OC. The number of carbonyl (C=O) groups excluding carboxylic acids is 2. The van der Waals surface area contributed by atoms with Gasteiger partial charge in [-0.2, -0.15) is 0 Å². The second-order valence-electron chi connectivity index (χ2n) is 3.18. The van der Waals surface area contributed by atoms with Crippen LogP contribution in [0.25, 0.3) is 0 Å². The van der Waals surface area contributed by atoms with Crippen LogP contribution in [0.15, 0.2) is 30.4 Å². The number of benzene rings is 1. The van der Waals surface area contributed by atoms with Crippen molar-refractivity contribution in [3.05, 3.63) is 40.9 Å². The second-order valence-corrected chi connectivity index (χ2v) is 3.62. The molecule has 1 rings (SSSR count). The first-order valence-electron chi connectivity index (χ1n) is 4.72. The molecule has 0 fully saturated rings. The molecule has 1 aromatic rings. The maximum absolute atomic E-state index is 11.1. The summed E-state index contributed by atoms with van der Waals surface area (Å²) >= 11 is 5.77. The van der Waals surface area contributed by atoms with Crippen molar-refractivity contribution in [1.29, 1.82) is 0 Å². The maximum Gasteiger partial charge on any atom is 0.336 e. The summed E-state index contributed by atoms with van der Waals surface area (Å²) in [5.74, 6) is -0.253. The van der Waals surface area contributed by atoms with E-state index in [2.05, 4.69) is 11.3 Å². The Balaban J connectivity index is 2.75. The monoisotopic (exact) mass is 254 g/mol. The predicted octanol–water partition coefficient (Wildman–Crippen LogP) is 2.26. The minimum absolute atomic E-state index is 0.0617. The Bertz CT molecular complexity index is 454. The quantitative estimate of drug-likeness (QED) is 0.459. The van der Waals surface area contributed by atoms with Gasteiger partial charge in [0.05, 0.1) is 18.2 Å². The van der Waals surface area contributed by atoms with Crippen LogP contribution in [0.3, 0.4) is 0 Å². The van der Waals surface area contributed by atoms with Crippen molar-refractivity contribution >= 4 is 23.9 Å². The van der Waals surface area contributed by atoms with Gasteiger partial charge in [0.1, 0.15) is 12.4 Å². The molecule has 0 aliphatic rings. The van der Waals surface area contributed by atoms with Crippen molar-refractivity contribution < 1.29 is 19.1 Å². The fourth-order valence-corrected chi connectivity index (χ4v) is 1.26. The summed E-state index contributed by atoms with van der Waals surface area (Å²) < 4.78 is 9.74. The number of ether oxygens (including phenoxy) is 2. The normalized spacial score (nSPS) is 9.53. The largest absolute Gasteiger partial charge is 0.488 e. The lowest BCUT2D eigenvalue weighted by atomic mass is 10.2. The van der Waals surface area contributed by atoms with Gasteiger partial charge in [0.15, 0.2) is 6.29 Å². The molecule has 17 heavy (non-hydrogen) atoms. The highest BCUT2D eigenvalue weighted by molar-refractivity contribution is 6.30. The van der Waals surface area contributed by atoms with E-state index in [1.807, 2.05) is 0 Å². The molecule has 0 aliphatic heterocycles. The molecule has 0 radical (unpaired) electrons. The van der Waals surface area contributed by atoms with Gasteiger partial charge in [0.25, 0.3) is 0 Å². The molecule has 0 aliphatic carbocycles. The van der Waals surface area contributed by atoms with E-state index in [0.29, 0.717) is 22.6 Å². The zero-order chi connectivity index (χ0) is 12.8. The predicted molar refractivity (Wildman–Crippen MR) is 63.5 cm³/mol. The lowest BCUT2D eigenvalue weighted by Gasteiger charge is -2.09. The molecule has 5 heteroatoms. The molecule has 0 atom stereocenters. The molecule has 0 saturated heterocycles. The van der Waals surface area contributed by atoms with Gasteiger partial charge in [0.2, 0.25) is 0 Å². The highest BCUT2D eigenvalue weighted by atomic mass is 35.5. The fourth-order valence-electron chi connectivity index (χ4n) is 1.10. The third-order valence-corrected chi connectivity index (χ3v) is 2.21. The van der Waals surface area contributed by atoms with Crippen LogP contribution in [0.5, 0.6) is 5.75 Å². The van der Waals surface area contributed by atoms with Crippen molar-refractivity contribution in [1.82, 2.24) is 0 Å². The second kappa shape index (κ2) is 6.06. The van der Waals surface area contributed by atoms with Gasteiger partial charge in [0, 0.05) is 5.02 Å². The zero-order valence-electron chi connectivity index (χ0n) is 9.23. The zero-order valence-corrected chi connectivity index (χ0v) is 9.99. The first kappa shape index (κ1) is 13.3. The molecule has 0 spiro atoms. The third kappa shape index (κ3) is 3.60. The number of methoxy groups -OCH3 is 1. The van der Waals surface area contributed by atoms with Crippen molar-refractivity contribution in [2.24, 2.45) is 0 Å². The molecule has 0 bridgehead atoms. The number of esters is 1. The van der Waals surface area contributed by atoms with Gasteiger partial charge in [-0.1, -0.05) is 18.2 Å². The molecule has 0 saturated carbocycles. The van der Waals surface area contributed by atoms with E-state index in [-0.39, 0.29) is 12.2 Å². The highest BCUT2D eigenvalue weighted by Gasteiger charge is 2.09. The summed E-state index contributed by atoms with van der Waals surface area (Å²) in [6.45, 7) is 3.44. The van der Waals surface area contributed by atoms with E-state index >= 15 is 0 Å². The molecule has 1 aromatic carbocycles. The standard InChI is InChI=1S/C12H11ClO4/c1-8(12(15)16-2)7-17-11-5-10(13)4-3-9(11)6-14/h3-6H,1,7H2,2H3. The van der Waals surface area contributed by atoms with Gasteiger partial charge in [-0.25, -0.2) is 4.79 Å². The van der Waals surface area contributed by atoms with Crippen LogP contribution in [0.2, 0.25) is 5.02 Å². The van der Waals surface area contributed by atoms with Gasteiger partial charge >= 0.3 is 5.97 Å². The number of carbonyl (C=O) groups is 2. The molecule has 0 aromatic heterocycles. The Kier molecular flexibility index (Phi) is 4.72. The average molecular weight is 255 g/mol. The van der Waals surface area contributed by atoms with Crippen LogP contribution < -0.4 is 4.74 Å². The van der Waals surface area contributed by atoms with Crippen molar-refractivity contribution in [2.75, 3.05) is 13.7 Å². The molecule has 0 unspecified atom stereocenters. The maximum atomic E-state index is 11.1. The number of hydrogen-bond donors (Lipinski definition) is 0. The van der Waals surface area contributed by atoms with Crippen LogP contribution >= 0.6 is 11.6 Å². The Morgan fingerprint density at radius 2 is 2.24 bits per heavy atom. The van der Waals surface area contributed by atoms with E-state index in [0.717, 1.165) is 0 Å². The lowest BCUT2D eigenvalue weighted by Crippen LogP contribution is -2.12. The minimum Gasteiger partial charge on any atom is -0.488 e. The van der Waals surface area contributed by atoms with E-state index < -0.39 is 5.97 Å². The molecule has 90 valence electrons. The highest BCUT2D eigenvalue weighted by Crippen LogP contribution is 2.22. The molecule has 0 amide bonds. The van der Waals surface area contributed by atoms with E-state index in [1.165, 1.54) is 19.2 Å². The van der Waals surface area contributed by atoms with Crippen LogP contribution in [0, 0.1) is 0 Å². The molecule has 0 heterocycles. The lowest BCUT2D eigenvalue weighted by molar-refractivity contribution is -0.136. The number of aldehydes is 1. The van der Waals surface area contributed by atoms with E-state index in [9.17, 15) is 9.59 Å². The Hall–Kier alpha value is -1.81. The van der Waals surface area contributed by atoms with E-state index in [4.69, 9.17) is 16.3 Å². The Labute approximate surface area is 104 Å². The van der Waals surface area contributed by atoms with Gasteiger partial charge in [-0.15, -0.1) is 0 Å². The van der Waals surface area contributed by atoms with Gasteiger partial charge in [-0.05, 0) is 18.2 Å². The number of halogens is 1. The van der Waals surface area contributed by atoms with Gasteiger partial charge in [-0.3, -0.25) is 4.79 Å². The first-order chi connectivity index (χ1) is 8.08. The summed E-state index contributed by atoms with van der Waals surface area (Å²) in [6.07, 6.45) is 0.645. The van der Waals surface area contributed by atoms with Crippen molar-refractivity contribution in [2.45, 2.75) is 0 Å². The Morgan fingerprint density at radius 3 is 2.82 bits per heavy atom. The van der Waals surface area contributed by atoms with Crippen LogP contribution in [-0.4, -0.2) is 26.0 Å². The number of hydrogen-bond acceptors (Lipinski definition) is 4. The van der Waals surface area contributed by atoms with Crippen molar-refractivity contribution in [3.63, 3.8) is 0 Å². The summed E-state index contributed by atoms with van der Waals surface area (Å²) in [7, 11) is 1.25. The van der Waals surface area contributed by atoms with Crippen molar-refractivity contribution in [3.8, 4) is 5.75 Å². The van der Waals surface area contributed by atoms with Crippen LogP contribution in [0.1, 0.15) is 10.4 Å². The van der Waals surface area contributed by atoms with Gasteiger partial charge < -0.3 is 9.47 Å². The van der Waals surface area contributed by atoms with Crippen LogP contribution in [0.4, 0.5) is 0 Å². The third-order valence-electron chi connectivity index (χ3n) is 1.98. The Morgan fingerprint density at radius 1 is 1.53 bits per heavy atom. The minimum atomic E-state index is -0.556. The average Bonchev–Trinajstić information content (AvgIpc) is 2.35. The van der Waals surface area contributed by atoms with E-state index in [1.54, 1.807) is 6.07 Å². The summed E-state index contributed by atoms with van der Waals surface area (Å²) in [6, 6.07) is 4.61. The summed E-state index contributed by atoms with van der Waals surface area (Å²) in [5.41, 5.74) is 0.511. The number of rotatable bonds is 5. The van der Waals surface area contributed by atoms with Crippen LogP contribution in [-0.2, 0) is 9.53 Å². The molecule has 4 nitrogen and oxygen atoms in total. The smallest absolute Gasteiger partial charge is 0.336 e.